The van der Waals surface area contributed by atoms with Crippen molar-refractivity contribution in [1.82, 2.24) is 19.4 Å². The van der Waals surface area contributed by atoms with Gasteiger partial charge in [-0.2, -0.15) is 0 Å². The highest BCUT2D eigenvalue weighted by Crippen LogP contribution is 2.20. The number of nitrogens with zero attached hydrogens (tertiary/aromatic N) is 3. The molecule has 1 N–H and O–H groups in total. The molecule has 0 saturated carbocycles. The average Bonchev–Trinajstić information content (AvgIpc) is 3.08. The smallest absolute Gasteiger partial charge is 0.258 e. The molecule has 3 aromatic rings. The number of carbonyl (C=O) groups is 1. The normalized spacial score (nSPS) is 11.8. The molecule has 3 rings (SSSR count). The molecular weight excluding hydrogens is 344 g/mol. The van der Waals surface area contributed by atoms with Crippen LogP contribution in [0, 0.1) is 6.92 Å². The van der Waals surface area contributed by atoms with E-state index < -0.39 is 6.04 Å². The number of benzene rings is 1. The number of aromatic nitrogens is 3. The van der Waals surface area contributed by atoms with Crippen molar-refractivity contribution in [2.45, 2.75) is 13.0 Å². The first-order valence-corrected chi connectivity index (χ1v) is 8.57. The Morgan fingerprint density at radius 1 is 1.22 bits per heavy atom. The number of hydrogen-bond acceptors (Lipinski definition) is 4. The van der Waals surface area contributed by atoms with Crippen LogP contribution in [0.25, 0.3) is 0 Å². The van der Waals surface area contributed by atoms with Crippen LogP contribution in [0.15, 0.2) is 59.8 Å². The average molecular weight is 366 g/mol. The molecule has 2 heterocycles. The molecule has 0 fully saturated rings. The van der Waals surface area contributed by atoms with E-state index in [2.05, 4.69) is 10.3 Å². The molecule has 7 nitrogen and oxygen atoms in total. The van der Waals surface area contributed by atoms with Gasteiger partial charge in [0.1, 0.15) is 11.9 Å². The first-order chi connectivity index (χ1) is 13.0. The van der Waals surface area contributed by atoms with Crippen molar-refractivity contribution in [3.8, 4) is 5.75 Å². The number of rotatable bonds is 6. The lowest BCUT2D eigenvalue weighted by Crippen LogP contribution is -2.35. The molecule has 0 spiro atoms. The zero-order chi connectivity index (χ0) is 19.4. The Kier molecular flexibility index (Phi) is 5.40. The van der Waals surface area contributed by atoms with Gasteiger partial charge in [-0.15, -0.1) is 0 Å². The summed E-state index contributed by atoms with van der Waals surface area (Å²) >= 11 is 0. The molecule has 0 unspecified atom stereocenters. The summed E-state index contributed by atoms with van der Waals surface area (Å²) in [5.74, 6) is 0.516. The number of imidazole rings is 1. The van der Waals surface area contributed by atoms with Gasteiger partial charge in [0.25, 0.3) is 5.91 Å². The van der Waals surface area contributed by atoms with Crippen LogP contribution in [-0.2, 0) is 18.9 Å². The summed E-state index contributed by atoms with van der Waals surface area (Å²) in [6, 6.07) is 10.6. The molecule has 27 heavy (non-hydrogen) atoms. The monoisotopic (exact) mass is 366 g/mol. The lowest BCUT2D eigenvalue weighted by molar-refractivity contribution is -0.123. The van der Waals surface area contributed by atoms with Crippen molar-refractivity contribution in [2.75, 3.05) is 6.61 Å². The summed E-state index contributed by atoms with van der Waals surface area (Å²) in [6.45, 7) is 1.57. The van der Waals surface area contributed by atoms with Gasteiger partial charge in [-0.1, -0.05) is 30.3 Å². The van der Waals surface area contributed by atoms with Crippen LogP contribution in [-0.4, -0.2) is 26.6 Å². The van der Waals surface area contributed by atoms with Crippen molar-refractivity contribution < 1.29 is 9.53 Å². The Morgan fingerprint density at radius 2 is 1.96 bits per heavy atom. The van der Waals surface area contributed by atoms with Crippen LogP contribution < -0.4 is 15.5 Å². The van der Waals surface area contributed by atoms with Crippen LogP contribution in [0.2, 0.25) is 0 Å². The van der Waals surface area contributed by atoms with Crippen LogP contribution in [0.4, 0.5) is 0 Å². The lowest BCUT2D eigenvalue weighted by Gasteiger charge is -2.19. The fraction of sp³-hybridized carbons (Fsp3) is 0.250. The third-order valence-electron chi connectivity index (χ3n) is 4.36. The van der Waals surface area contributed by atoms with Gasteiger partial charge in [0.05, 0.1) is 0 Å². The first-order valence-electron chi connectivity index (χ1n) is 8.57. The fourth-order valence-electron chi connectivity index (χ4n) is 2.76. The first kappa shape index (κ1) is 18.4. The highest BCUT2D eigenvalue weighted by Gasteiger charge is 2.21. The summed E-state index contributed by atoms with van der Waals surface area (Å²) in [5.41, 5.74) is 1.48. The number of nitrogens with one attached hydrogen (secondary N) is 1. The highest BCUT2D eigenvalue weighted by atomic mass is 16.5. The van der Waals surface area contributed by atoms with Crippen molar-refractivity contribution >= 4 is 5.91 Å². The number of carbonyl (C=O) groups excluding carboxylic acids is 1. The molecule has 1 amide bonds. The molecule has 0 saturated heterocycles. The molecule has 1 atom stereocenters. The second-order valence-corrected chi connectivity index (χ2v) is 6.35. The maximum Gasteiger partial charge on any atom is 0.258 e. The van der Waals surface area contributed by atoms with E-state index in [1.165, 1.54) is 6.07 Å². The van der Waals surface area contributed by atoms with Gasteiger partial charge >= 0.3 is 0 Å². The van der Waals surface area contributed by atoms with Gasteiger partial charge in [0.15, 0.2) is 12.4 Å². The number of hydrogen-bond donors (Lipinski definition) is 1. The molecule has 0 aliphatic carbocycles. The van der Waals surface area contributed by atoms with Crippen LogP contribution in [0.1, 0.15) is 23.1 Å². The van der Waals surface area contributed by atoms with Crippen molar-refractivity contribution in [1.29, 1.82) is 0 Å². The predicted octanol–water partition coefficient (Wildman–Crippen LogP) is 1.71. The zero-order valence-corrected chi connectivity index (χ0v) is 15.5. The van der Waals surface area contributed by atoms with Gasteiger partial charge in [-0.3, -0.25) is 9.59 Å². The topological polar surface area (TPSA) is 78.2 Å². The number of ether oxygens (including phenoxy) is 1. The Morgan fingerprint density at radius 3 is 2.63 bits per heavy atom. The van der Waals surface area contributed by atoms with E-state index in [-0.39, 0.29) is 23.7 Å². The third-order valence-corrected chi connectivity index (χ3v) is 4.36. The molecule has 140 valence electrons. The highest BCUT2D eigenvalue weighted by molar-refractivity contribution is 5.78. The van der Waals surface area contributed by atoms with Crippen LogP contribution in [0.5, 0.6) is 5.75 Å². The molecule has 0 aliphatic heterocycles. The largest absolute Gasteiger partial charge is 0.478 e. The SMILES string of the molecule is Cc1cc(=O)c(OCC(=O)N[C@@H](c2ccccc2)c2nccn2C)cn1C. The Hall–Kier alpha value is -3.35. The maximum absolute atomic E-state index is 12.5. The lowest BCUT2D eigenvalue weighted by atomic mass is 10.1. The van der Waals surface area contributed by atoms with Crippen molar-refractivity contribution in [2.24, 2.45) is 14.1 Å². The van der Waals surface area contributed by atoms with Gasteiger partial charge in [-0.25, -0.2) is 4.98 Å². The Balaban J connectivity index is 1.75. The number of pyridine rings is 1. The zero-order valence-electron chi connectivity index (χ0n) is 15.5. The minimum Gasteiger partial charge on any atom is -0.478 e. The summed E-state index contributed by atoms with van der Waals surface area (Å²) < 4.78 is 9.07. The van der Waals surface area contributed by atoms with Crippen LogP contribution in [0.3, 0.4) is 0 Å². The second-order valence-electron chi connectivity index (χ2n) is 6.35. The van der Waals surface area contributed by atoms with E-state index in [0.29, 0.717) is 5.82 Å². The molecule has 0 aliphatic rings. The third kappa shape index (κ3) is 4.25. The molecule has 7 heteroatoms. The molecule has 2 aromatic heterocycles. The second kappa shape index (κ2) is 7.90. The van der Waals surface area contributed by atoms with E-state index in [4.69, 9.17) is 4.74 Å². The summed E-state index contributed by atoms with van der Waals surface area (Å²) in [4.78, 5) is 28.8. The van der Waals surface area contributed by atoms with Crippen molar-refractivity contribution in [3.63, 3.8) is 0 Å². The van der Waals surface area contributed by atoms with Crippen molar-refractivity contribution in [3.05, 3.63) is 82.3 Å². The maximum atomic E-state index is 12.5. The minimum atomic E-state index is -0.414. The molecule has 0 radical (unpaired) electrons. The quantitative estimate of drug-likeness (QED) is 0.720. The van der Waals surface area contributed by atoms with E-state index in [0.717, 1.165) is 11.3 Å². The molecule has 1 aromatic carbocycles. The standard InChI is InChI=1S/C20H22N4O3/c1-14-11-16(25)17(12-24(14)3)27-13-18(26)22-19(15-7-5-4-6-8-15)20-21-9-10-23(20)2/h4-12,19H,13H2,1-3H3,(H,22,26)/t19-/m0/s1. The number of aryl methyl sites for hydroxylation is 3. The summed E-state index contributed by atoms with van der Waals surface area (Å²) in [5, 5.41) is 2.94. The Labute approximate surface area is 157 Å². The summed E-state index contributed by atoms with van der Waals surface area (Å²) in [7, 11) is 3.69. The predicted molar refractivity (Wildman–Crippen MR) is 102 cm³/mol. The Bertz CT molecular complexity index is 992. The van der Waals surface area contributed by atoms with Crippen LogP contribution >= 0.6 is 0 Å². The summed E-state index contributed by atoms with van der Waals surface area (Å²) in [6.07, 6.45) is 5.09. The van der Waals surface area contributed by atoms with E-state index in [1.54, 1.807) is 17.0 Å². The van der Waals surface area contributed by atoms with E-state index in [1.807, 2.05) is 62.1 Å². The van der Waals surface area contributed by atoms with Gasteiger partial charge in [0.2, 0.25) is 5.43 Å². The van der Waals surface area contributed by atoms with E-state index in [9.17, 15) is 9.59 Å². The minimum absolute atomic E-state index is 0.145. The van der Waals surface area contributed by atoms with Gasteiger partial charge in [0, 0.05) is 44.4 Å². The number of amides is 1. The molecular formula is C20H22N4O3. The van der Waals surface area contributed by atoms with Gasteiger partial charge in [-0.05, 0) is 12.5 Å². The van der Waals surface area contributed by atoms with E-state index >= 15 is 0 Å². The molecule has 0 bridgehead atoms. The fourth-order valence-corrected chi connectivity index (χ4v) is 2.76. The van der Waals surface area contributed by atoms with Gasteiger partial charge < -0.3 is 19.2 Å².